The van der Waals surface area contributed by atoms with Crippen molar-refractivity contribution >= 4 is 0 Å². The molecular formula is C23H33NO3. The molecule has 4 heteroatoms. The van der Waals surface area contributed by atoms with Gasteiger partial charge in [0.15, 0.2) is 0 Å². The zero-order chi connectivity index (χ0) is 19.6. The van der Waals surface area contributed by atoms with E-state index in [0.29, 0.717) is 19.1 Å². The molecule has 0 radical (unpaired) electrons. The molecule has 148 valence electrons. The molecule has 0 aliphatic rings. The van der Waals surface area contributed by atoms with Crippen molar-refractivity contribution in [2.24, 2.45) is 5.92 Å². The minimum atomic E-state index is -0.532. The summed E-state index contributed by atoms with van der Waals surface area (Å²) in [7, 11) is 1.68. The molecule has 0 amide bonds. The highest BCUT2D eigenvalue weighted by Gasteiger charge is 2.14. The van der Waals surface area contributed by atoms with Crippen LogP contribution in [0.4, 0.5) is 0 Å². The van der Waals surface area contributed by atoms with Crippen molar-refractivity contribution in [2.75, 3.05) is 26.8 Å². The van der Waals surface area contributed by atoms with Crippen molar-refractivity contribution in [1.29, 1.82) is 0 Å². The highest BCUT2D eigenvalue weighted by Crippen LogP contribution is 2.17. The number of methoxy groups -OCH3 is 1. The molecule has 1 atom stereocenters. The van der Waals surface area contributed by atoms with Gasteiger partial charge in [0.25, 0.3) is 0 Å². The van der Waals surface area contributed by atoms with Crippen LogP contribution in [-0.4, -0.2) is 42.9 Å². The number of nitrogens with zero attached hydrogens (tertiary/aromatic N) is 1. The second-order valence-electron chi connectivity index (χ2n) is 7.50. The van der Waals surface area contributed by atoms with Gasteiger partial charge in [-0.05, 0) is 55.1 Å². The number of hydrogen-bond acceptors (Lipinski definition) is 4. The van der Waals surface area contributed by atoms with E-state index in [0.717, 1.165) is 36.6 Å². The van der Waals surface area contributed by atoms with Crippen molar-refractivity contribution in [3.63, 3.8) is 0 Å². The van der Waals surface area contributed by atoms with E-state index in [1.165, 1.54) is 5.56 Å². The Balaban J connectivity index is 1.92. The monoisotopic (exact) mass is 371 g/mol. The van der Waals surface area contributed by atoms with E-state index in [9.17, 15) is 5.11 Å². The summed E-state index contributed by atoms with van der Waals surface area (Å²) in [6, 6.07) is 16.0. The molecular weight excluding hydrogens is 338 g/mol. The van der Waals surface area contributed by atoms with Gasteiger partial charge in [0, 0.05) is 13.1 Å². The van der Waals surface area contributed by atoms with Gasteiger partial charge in [-0.15, -0.1) is 0 Å². The molecule has 0 heterocycles. The van der Waals surface area contributed by atoms with E-state index in [1.807, 2.05) is 43.3 Å². The standard InChI is InChI=1S/C23H33NO3/c1-18(2)13-14-24(15-20-9-11-22(26-4)12-10-20)16-21(25)17-27-23-8-6-5-7-19(23)3/h5-12,18,21,25H,13-17H2,1-4H3/t21-/m0/s1. The Kier molecular flexibility index (Phi) is 8.62. The average Bonchev–Trinajstić information content (AvgIpc) is 2.66. The van der Waals surface area contributed by atoms with Gasteiger partial charge in [0.1, 0.15) is 24.2 Å². The largest absolute Gasteiger partial charge is 0.497 e. The van der Waals surface area contributed by atoms with Gasteiger partial charge in [-0.2, -0.15) is 0 Å². The Morgan fingerprint density at radius 2 is 1.74 bits per heavy atom. The Labute approximate surface area is 163 Å². The maximum absolute atomic E-state index is 10.5. The summed E-state index contributed by atoms with van der Waals surface area (Å²) in [4.78, 5) is 2.30. The lowest BCUT2D eigenvalue weighted by molar-refractivity contribution is 0.0637. The third-order valence-corrected chi connectivity index (χ3v) is 4.58. The summed E-state index contributed by atoms with van der Waals surface area (Å²) >= 11 is 0. The smallest absolute Gasteiger partial charge is 0.122 e. The molecule has 0 saturated carbocycles. The number of aliphatic hydroxyl groups excluding tert-OH is 1. The Morgan fingerprint density at radius 1 is 1.04 bits per heavy atom. The second-order valence-corrected chi connectivity index (χ2v) is 7.50. The summed E-state index contributed by atoms with van der Waals surface area (Å²) < 4.78 is 11.0. The number of benzene rings is 2. The molecule has 0 spiro atoms. The number of ether oxygens (including phenoxy) is 2. The van der Waals surface area contributed by atoms with Gasteiger partial charge < -0.3 is 14.6 Å². The minimum Gasteiger partial charge on any atom is -0.497 e. The Hall–Kier alpha value is -2.04. The number of aliphatic hydroxyl groups is 1. The molecule has 0 aliphatic heterocycles. The van der Waals surface area contributed by atoms with Gasteiger partial charge in [-0.1, -0.05) is 44.2 Å². The van der Waals surface area contributed by atoms with Crippen LogP contribution in [0.5, 0.6) is 11.5 Å². The van der Waals surface area contributed by atoms with Crippen LogP contribution in [0, 0.1) is 12.8 Å². The van der Waals surface area contributed by atoms with Crippen LogP contribution in [-0.2, 0) is 6.54 Å². The fraction of sp³-hybridized carbons (Fsp3) is 0.478. The molecule has 4 nitrogen and oxygen atoms in total. The van der Waals surface area contributed by atoms with Gasteiger partial charge in [-0.25, -0.2) is 0 Å². The Bertz CT molecular complexity index is 670. The van der Waals surface area contributed by atoms with Crippen LogP contribution in [0.1, 0.15) is 31.4 Å². The van der Waals surface area contributed by atoms with Gasteiger partial charge >= 0.3 is 0 Å². The molecule has 2 aromatic carbocycles. The lowest BCUT2D eigenvalue weighted by Gasteiger charge is -2.26. The quantitative estimate of drug-likeness (QED) is 0.640. The molecule has 0 unspecified atom stereocenters. The highest BCUT2D eigenvalue weighted by molar-refractivity contribution is 5.31. The maximum Gasteiger partial charge on any atom is 0.122 e. The van der Waals surface area contributed by atoms with Crippen LogP contribution in [0.15, 0.2) is 48.5 Å². The fourth-order valence-electron chi connectivity index (χ4n) is 2.92. The summed E-state index contributed by atoms with van der Waals surface area (Å²) in [5, 5.41) is 10.5. The van der Waals surface area contributed by atoms with Gasteiger partial charge in [-0.3, -0.25) is 4.90 Å². The first-order valence-electron chi connectivity index (χ1n) is 9.69. The molecule has 1 N–H and O–H groups in total. The number of aryl methyl sites for hydroxylation is 1. The maximum atomic E-state index is 10.5. The fourth-order valence-corrected chi connectivity index (χ4v) is 2.92. The van der Waals surface area contributed by atoms with Gasteiger partial charge in [0.2, 0.25) is 0 Å². The predicted octanol–water partition coefficient (Wildman–Crippen LogP) is 4.29. The lowest BCUT2D eigenvalue weighted by atomic mass is 10.1. The van der Waals surface area contributed by atoms with E-state index in [-0.39, 0.29) is 0 Å². The molecule has 2 aromatic rings. The van der Waals surface area contributed by atoms with Crippen molar-refractivity contribution in [3.05, 3.63) is 59.7 Å². The van der Waals surface area contributed by atoms with Crippen molar-refractivity contribution < 1.29 is 14.6 Å². The molecule has 0 aromatic heterocycles. The first kappa shape index (κ1) is 21.3. The first-order chi connectivity index (χ1) is 13.0. The molecule has 0 fully saturated rings. The normalized spacial score (nSPS) is 12.4. The van der Waals surface area contributed by atoms with Crippen LogP contribution < -0.4 is 9.47 Å². The summed E-state index contributed by atoms with van der Waals surface area (Å²) in [5.41, 5.74) is 2.30. The molecule has 0 aliphatic carbocycles. The minimum absolute atomic E-state index is 0.297. The first-order valence-corrected chi connectivity index (χ1v) is 9.69. The molecule has 2 rings (SSSR count). The third-order valence-electron chi connectivity index (χ3n) is 4.58. The predicted molar refractivity (Wildman–Crippen MR) is 110 cm³/mol. The van der Waals surface area contributed by atoms with E-state index in [1.54, 1.807) is 7.11 Å². The van der Waals surface area contributed by atoms with E-state index < -0.39 is 6.10 Å². The molecule has 0 bridgehead atoms. The van der Waals surface area contributed by atoms with Crippen LogP contribution >= 0.6 is 0 Å². The van der Waals surface area contributed by atoms with Crippen molar-refractivity contribution in [3.8, 4) is 11.5 Å². The lowest BCUT2D eigenvalue weighted by Crippen LogP contribution is -2.36. The number of hydrogen-bond donors (Lipinski definition) is 1. The SMILES string of the molecule is COc1ccc(CN(CCC(C)C)C[C@H](O)COc2ccccc2C)cc1. The van der Waals surface area contributed by atoms with E-state index >= 15 is 0 Å². The summed E-state index contributed by atoms with van der Waals surface area (Å²) in [6.07, 6.45) is 0.566. The summed E-state index contributed by atoms with van der Waals surface area (Å²) in [5.74, 6) is 2.32. The van der Waals surface area contributed by atoms with Crippen molar-refractivity contribution in [2.45, 2.75) is 39.8 Å². The third kappa shape index (κ3) is 7.61. The van der Waals surface area contributed by atoms with Crippen LogP contribution in [0.3, 0.4) is 0 Å². The van der Waals surface area contributed by atoms with Gasteiger partial charge in [0.05, 0.1) is 7.11 Å². The topological polar surface area (TPSA) is 41.9 Å². The Morgan fingerprint density at radius 3 is 2.37 bits per heavy atom. The summed E-state index contributed by atoms with van der Waals surface area (Å²) in [6.45, 7) is 9.10. The zero-order valence-electron chi connectivity index (χ0n) is 17.0. The number of rotatable bonds is 11. The van der Waals surface area contributed by atoms with Crippen molar-refractivity contribution in [1.82, 2.24) is 4.90 Å². The van der Waals surface area contributed by atoms with E-state index in [4.69, 9.17) is 9.47 Å². The number of para-hydroxylation sites is 1. The highest BCUT2D eigenvalue weighted by atomic mass is 16.5. The molecule has 27 heavy (non-hydrogen) atoms. The van der Waals surface area contributed by atoms with E-state index in [2.05, 4.69) is 30.9 Å². The molecule has 0 saturated heterocycles. The zero-order valence-corrected chi connectivity index (χ0v) is 17.0. The van der Waals surface area contributed by atoms with Crippen LogP contribution in [0.2, 0.25) is 0 Å². The average molecular weight is 372 g/mol. The van der Waals surface area contributed by atoms with Crippen LogP contribution in [0.25, 0.3) is 0 Å². The second kappa shape index (κ2) is 11.0.